The predicted molar refractivity (Wildman–Crippen MR) is 111 cm³/mol. The van der Waals surface area contributed by atoms with Gasteiger partial charge in [-0.05, 0) is 32.0 Å². The highest BCUT2D eigenvalue weighted by Gasteiger charge is 2.27. The van der Waals surface area contributed by atoms with E-state index in [-0.39, 0.29) is 35.7 Å². The summed E-state index contributed by atoms with van der Waals surface area (Å²) in [4.78, 5) is 12.7. The van der Waals surface area contributed by atoms with E-state index in [2.05, 4.69) is 25.6 Å². The summed E-state index contributed by atoms with van der Waals surface area (Å²) < 4.78 is 98.3. The van der Waals surface area contributed by atoms with Crippen LogP contribution in [0, 0.1) is 17.5 Å². The van der Waals surface area contributed by atoms with Crippen LogP contribution in [0.2, 0.25) is 0 Å². The molecule has 0 spiro atoms. The molecule has 0 radical (unpaired) electrons. The number of hydrogen-bond acceptors (Lipinski definition) is 7. The van der Waals surface area contributed by atoms with Gasteiger partial charge in [0.25, 0.3) is 0 Å². The van der Waals surface area contributed by atoms with Crippen LogP contribution in [0.1, 0.15) is 46.3 Å². The molecule has 4 atom stereocenters. The lowest BCUT2D eigenvalue weighted by Gasteiger charge is -2.26. The topological polar surface area (TPSA) is 97.1 Å². The second-order valence-corrected chi connectivity index (χ2v) is 7.34. The largest absolute Gasteiger partial charge is 0.393 e. The standard InChI is InChI=1S/C21H23F3N6O2/c22-11-7-15(23)18(16(24)8-11)28-21-27-17-9-25-20(26-12-1-3-14(31)4-2-12)29-19(17)30(21)13-5-6-32-10-13/h7-9,12-14,31H,1-6,10H2,(H,27,28)(H,25,26,29)/i1D2,3D,4D2,12D. The van der Waals surface area contributed by atoms with E-state index in [4.69, 9.17) is 13.0 Å². The van der Waals surface area contributed by atoms with Gasteiger partial charge in [-0.1, -0.05) is 0 Å². The molecule has 1 saturated heterocycles. The Morgan fingerprint density at radius 1 is 1.19 bits per heavy atom. The van der Waals surface area contributed by atoms with Gasteiger partial charge in [0.2, 0.25) is 11.9 Å². The molecule has 8 nitrogen and oxygen atoms in total. The first-order valence-electron chi connectivity index (χ1n) is 12.9. The van der Waals surface area contributed by atoms with Crippen LogP contribution < -0.4 is 10.6 Å². The van der Waals surface area contributed by atoms with Crippen molar-refractivity contribution >= 4 is 28.7 Å². The molecule has 0 amide bonds. The summed E-state index contributed by atoms with van der Waals surface area (Å²) in [6.07, 6.45) is -8.17. The Morgan fingerprint density at radius 3 is 2.75 bits per heavy atom. The number of aromatic nitrogens is 4. The Bertz CT molecular complexity index is 1370. The van der Waals surface area contributed by atoms with Crippen LogP contribution in [0.4, 0.5) is 30.8 Å². The number of fused-ring (bicyclic) bond motifs is 1. The van der Waals surface area contributed by atoms with Gasteiger partial charge in [0.1, 0.15) is 17.0 Å². The zero-order valence-electron chi connectivity index (χ0n) is 22.6. The van der Waals surface area contributed by atoms with E-state index < -0.39 is 60.8 Å². The molecule has 3 N–H and O–H groups in total. The van der Waals surface area contributed by atoms with E-state index in [0.717, 1.165) is 0 Å². The Morgan fingerprint density at radius 2 is 2.00 bits per heavy atom. The Labute approximate surface area is 190 Å². The van der Waals surface area contributed by atoms with Crippen molar-refractivity contribution in [2.75, 3.05) is 23.8 Å². The quantitative estimate of drug-likeness (QED) is 0.541. The Hall–Kier alpha value is -2.92. The van der Waals surface area contributed by atoms with Crippen LogP contribution in [0.25, 0.3) is 11.2 Å². The first kappa shape index (κ1) is 15.0. The fourth-order valence-corrected chi connectivity index (χ4v) is 3.60. The van der Waals surface area contributed by atoms with Crippen LogP contribution in [-0.4, -0.2) is 50.0 Å². The minimum atomic E-state index is -2.71. The van der Waals surface area contributed by atoms with Gasteiger partial charge in [0.15, 0.2) is 17.3 Å². The van der Waals surface area contributed by atoms with E-state index in [1.165, 1.54) is 10.8 Å². The van der Waals surface area contributed by atoms with E-state index in [1.54, 1.807) is 0 Å². The number of halogens is 3. The van der Waals surface area contributed by atoms with Crippen LogP contribution in [-0.2, 0) is 4.74 Å². The van der Waals surface area contributed by atoms with Crippen molar-refractivity contribution in [2.45, 2.75) is 50.1 Å². The fourth-order valence-electron chi connectivity index (χ4n) is 3.60. The van der Waals surface area contributed by atoms with Crippen molar-refractivity contribution < 1.29 is 31.2 Å². The molecule has 2 aromatic heterocycles. The van der Waals surface area contributed by atoms with Crippen LogP contribution in [0.3, 0.4) is 0 Å². The molecule has 2 fully saturated rings. The molecular weight excluding hydrogens is 425 g/mol. The molecular formula is C21H23F3N6O2. The third-order valence-corrected chi connectivity index (χ3v) is 5.11. The normalized spacial score (nSPS) is 34.1. The maximum Gasteiger partial charge on any atom is 0.224 e. The number of aliphatic hydroxyl groups excluding tert-OH is 1. The SMILES string of the molecule is [2H]C1C(O)C([2H])([2H])CC([2H])(Nc2ncc3nc(Nc4c(F)cc(F)cc4F)n(C4CCOC4)c3n2)C1([2H])[2H]. The highest BCUT2D eigenvalue weighted by atomic mass is 19.1. The maximum atomic E-state index is 14.4. The average Bonchev–Trinajstić information content (AvgIpc) is 3.46. The minimum Gasteiger partial charge on any atom is -0.393 e. The molecule has 1 aromatic carbocycles. The summed E-state index contributed by atoms with van der Waals surface area (Å²) in [5, 5.41) is 15.1. The number of hydrogen-bond donors (Lipinski definition) is 3. The first-order valence-corrected chi connectivity index (χ1v) is 9.86. The number of rotatable bonds is 5. The van der Waals surface area contributed by atoms with E-state index >= 15 is 0 Å². The Kier molecular flexibility index (Phi) is 4.01. The molecule has 1 aliphatic carbocycles. The summed E-state index contributed by atoms with van der Waals surface area (Å²) in [5.74, 6) is -3.81. The molecule has 2 aliphatic rings. The highest BCUT2D eigenvalue weighted by molar-refractivity contribution is 5.76. The van der Waals surface area contributed by atoms with Crippen molar-refractivity contribution in [2.24, 2.45) is 0 Å². The molecule has 3 heterocycles. The number of nitrogens with one attached hydrogen (secondary N) is 2. The summed E-state index contributed by atoms with van der Waals surface area (Å²) in [5.41, 5.74) is -0.340. The number of ether oxygens (including phenoxy) is 1. The lowest BCUT2D eigenvalue weighted by Crippen LogP contribution is -2.29. The van der Waals surface area contributed by atoms with E-state index in [9.17, 15) is 18.3 Å². The molecule has 4 unspecified atom stereocenters. The summed E-state index contributed by atoms with van der Waals surface area (Å²) in [6, 6.07) is -1.79. The number of aliphatic hydroxyl groups is 1. The second kappa shape index (κ2) is 8.55. The molecule has 1 saturated carbocycles. The van der Waals surface area contributed by atoms with Crippen molar-refractivity contribution in [3.63, 3.8) is 0 Å². The maximum absolute atomic E-state index is 14.4. The third kappa shape index (κ3) is 4.09. The smallest absolute Gasteiger partial charge is 0.224 e. The number of benzene rings is 1. The summed E-state index contributed by atoms with van der Waals surface area (Å²) in [6.45, 7) is 0.600. The van der Waals surface area contributed by atoms with Gasteiger partial charge in [0.05, 0.1) is 26.3 Å². The predicted octanol–water partition coefficient (Wildman–Crippen LogP) is 3.66. The van der Waals surface area contributed by atoms with Gasteiger partial charge in [-0.15, -0.1) is 0 Å². The Balaban J connectivity index is 1.56. The molecule has 1 aliphatic heterocycles. The summed E-state index contributed by atoms with van der Waals surface area (Å²) in [7, 11) is 0. The average molecular weight is 454 g/mol. The van der Waals surface area contributed by atoms with Gasteiger partial charge in [-0.3, -0.25) is 4.57 Å². The molecule has 32 heavy (non-hydrogen) atoms. The lowest BCUT2D eigenvalue weighted by atomic mass is 9.93. The zero-order valence-corrected chi connectivity index (χ0v) is 16.6. The first-order chi connectivity index (χ1) is 17.7. The minimum absolute atomic E-state index is 0.0504. The summed E-state index contributed by atoms with van der Waals surface area (Å²) >= 11 is 0. The highest BCUT2D eigenvalue weighted by Crippen LogP contribution is 2.32. The van der Waals surface area contributed by atoms with Gasteiger partial charge >= 0.3 is 0 Å². The number of nitrogens with zero attached hydrogens (tertiary/aromatic N) is 4. The van der Waals surface area contributed by atoms with Gasteiger partial charge in [0, 0.05) is 31.6 Å². The van der Waals surface area contributed by atoms with E-state index in [1.807, 2.05) is 0 Å². The van der Waals surface area contributed by atoms with Crippen LogP contribution >= 0.6 is 0 Å². The van der Waals surface area contributed by atoms with Crippen LogP contribution in [0.15, 0.2) is 18.3 Å². The fraction of sp³-hybridized carbons (Fsp3) is 0.476. The van der Waals surface area contributed by atoms with Gasteiger partial charge < -0.3 is 20.5 Å². The number of imidazole rings is 1. The molecule has 3 aromatic rings. The van der Waals surface area contributed by atoms with Gasteiger partial charge in [-0.2, -0.15) is 4.98 Å². The molecule has 11 heteroatoms. The lowest BCUT2D eigenvalue weighted by molar-refractivity contribution is 0.126. The monoisotopic (exact) mass is 454 g/mol. The van der Waals surface area contributed by atoms with Gasteiger partial charge in [-0.25, -0.2) is 23.1 Å². The zero-order chi connectivity index (χ0) is 27.6. The molecule has 170 valence electrons. The van der Waals surface area contributed by atoms with Crippen LogP contribution in [0.5, 0.6) is 0 Å². The van der Waals surface area contributed by atoms with E-state index in [0.29, 0.717) is 25.2 Å². The molecule has 5 rings (SSSR count). The third-order valence-electron chi connectivity index (χ3n) is 5.11. The van der Waals surface area contributed by atoms with Crippen molar-refractivity contribution in [3.8, 4) is 0 Å². The second-order valence-electron chi connectivity index (χ2n) is 7.34. The van der Waals surface area contributed by atoms with Crippen molar-refractivity contribution in [1.29, 1.82) is 0 Å². The van der Waals surface area contributed by atoms with Crippen molar-refractivity contribution in [1.82, 2.24) is 19.5 Å². The molecule has 0 bridgehead atoms. The number of anilines is 3. The van der Waals surface area contributed by atoms with Crippen molar-refractivity contribution in [3.05, 3.63) is 35.8 Å².